The normalized spacial score (nSPS) is 14.2. The number of nitrogens with zero attached hydrogens (tertiary/aromatic N) is 2. The third kappa shape index (κ3) is 8.32. The smallest absolute Gasteiger partial charge is 0.277 e. The number of thiazole rings is 1. The molecule has 1 fully saturated rings. The van der Waals surface area contributed by atoms with Gasteiger partial charge in [0.1, 0.15) is 14.9 Å². The van der Waals surface area contributed by atoms with Crippen LogP contribution < -0.4 is 41.8 Å². The monoisotopic (exact) mass is 583 g/mol. The molecule has 0 saturated carbocycles. The van der Waals surface area contributed by atoms with E-state index in [1.54, 1.807) is 52.8 Å². The molecule has 0 unspecified atom stereocenters. The highest BCUT2D eigenvalue weighted by atomic mass is 32.1. The summed E-state index contributed by atoms with van der Waals surface area (Å²) in [5.41, 5.74) is 9.27. The SMILES string of the molecule is CCNC(=O)/C(N)=c1\sc(=C=CNc2ccc(C(=O)NCCN3CCCC3)c(NC(=O)C(C)(C)C)c2)c(=O)n1CC. The van der Waals surface area contributed by atoms with Gasteiger partial charge in [-0.25, -0.2) is 0 Å². The number of nitrogens with one attached hydrogen (secondary N) is 4. The summed E-state index contributed by atoms with van der Waals surface area (Å²) < 4.78 is 2.08. The lowest BCUT2D eigenvalue weighted by molar-refractivity contribution is -0.123. The van der Waals surface area contributed by atoms with Gasteiger partial charge in [-0.1, -0.05) is 26.5 Å². The molecule has 0 bridgehead atoms. The molecule has 11 nitrogen and oxygen atoms in total. The van der Waals surface area contributed by atoms with Crippen LogP contribution in [0.15, 0.2) is 29.2 Å². The Labute approximate surface area is 244 Å². The minimum atomic E-state index is -0.663. The minimum Gasteiger partial charge on any atom is -0.392 e. The maximum atomic E-state index is 13.0. The Kier molecular flexibility index (Phi) is 10.9. The predicted octanol–water partition coefficient (Wildman–Crippen LogP) is 0.948. The van der Waals surface area contributed by atoms with Crippen LogP contribution in [-0.4, -0.2) is 59.9 Å². The molecule has 0 aliphatic carbocycles. The van der Waals surface area contributed by atoms with Crippen molar-refractivity contribution in [3.8, 4) is 0 Å². The zero-order valence-electron chi connectivity index (χ0n) is 24.5. The largest absolute Gasteiger partial charge is 0.392 e. The van der Waals surface area contributed by atoms with Crippen LogP contribution in [0.1, 0.15) is 57.8 Å². The third-order valence-electron chi connectivity index (χ3n) is 6.56. The highest BCUT2D eigenvalue weighted by Crippen LogP contribution is 2.24. The Morgan fingerprint density at radius 1 is 1.12 bits per heavy atom. The van der Waals surface area contributed by atoms with E-state index in [0.29, 0.717) is 41.2 Å². The van der Waals surface area contributed by atoms with Crippen LogP contribution in [0.5, 0.6) is 0 Å². The summed E-state index contributed by atoms with van der Waals surface area (Å²) in [6.07, 6.45) is 3.84. The number of likely N-dealkylation sites (N-methyl/N-ethyl adjacent to an activating group) is 1. The van der Waals surface area contributed by atoms with E-state index < -0.39 is 11.3 Å². The zero-order chi connectivity index (χ0) is 30.2. The first-order valence-electron chi connectivity index (χ1n) is 13.9. The number of rotatable bonds is 10. The van der Waals surface area contributed by atoms with Gasteiger partial charge in [-0.2, -0.15) is 0 Å². The van der Waals surface area contributed by atoms with E-state index in [1.807, 2.05) is 0 Å². The zero-order valence-corrected chi connectivity index (χ0v) is 25.3. The third-order valence-corrected chi connectivity index (χ3v) is 7.69. The molecule has 3 amide bonds. The van der Waals surface area contributed by atoms with Gasteiger partial charge in [0.05, 0.1) is 11.3 Å². The van der Waals surface area contributed by atoms with Crippen molar-refractivity contribution in [2.75, 3.05) is 43.4 Å². The van der Waals surface area contributed by atoms with Crippen molar-refractivity contribution in [2.24, 2.45) is 11.1 Å². The molecule has 222 valence electrons. The molecule has 1 aliphatic rings. The lowest BCUT2D eigenvalue weighted by Gasteiger charge is -2.20. The van der Waals surface area contributed by atoms with Gasteiger partial charge < -0.3 is 31.9 Å². The number of benzene rings is 1. The first-order valence-corrected chi connectivity index (χ1v) is 14.7. The van der Waals surface area contributed by atoms with Gasteiger partial charge in [-0.05, 0) is 58.0 Å². The number of amides is 3. The number of likely N-dealkylation sites (tertiary alicyclic amines) is 1. The first kappa shape index (κ1) is 31.7. The maximum absolute atomic E-state index is 13.0. The van der Waals surface area contributed by atoms with Crippen LogP contribution in [0.25, 0.3) is 11.4 Å². The van der Waals surface area contributed by atoms with E-state index in [9.17, 15) is 19.2 Å². The molecule has 12 heteroatoms. The topological polar surface area (TPSA) is 151 Å². The summed E-state index contributed by atoms with van der Waals surface area (Å²) in [4.78, 5) is 53.2. The molecule has 0 spiro atoms. The Morgan fingerprint density at radius 2 is 1.83 bits per heavy atom. The van der Waals surface area contributed by atoms with Crippen molar-refractivity contribution in [3.05, 3.63) is 49.5 Å². The van der Waals surface area contributed by atoms with Crippen LogP contribution in [-0.2, 0) is 16.1 Å². The van der Waals surface area contributed by atoms with Gasteiger partial charge in [-0.15, -0.1) is 11.3 Å². The fourth-order valence-corrected chi connectivity index (χ4v) is 5.23. The molecule has 2 aromatic rings. The number of hydrogen-bond acceptors (Lipinski definition) is 8. The predicted molar refractivity (Wildman–Crippen MR) is 164 cm³/mol. The van der Waals surface area contributed by atoms with Crippen LogP contribution in [0, 0.1) is 5.41 Å². The molecule has 2 heterocycles. The minimum absolute atomic E-state index is 0.0228. The number of carbonyl (C=O) groups excluding carboxylic acids is 3. The fourth-order valence-electron chi connectivity index (χ4n) is 4.20. The molecule has 1 aromatic carbocycles. The summed E-state index contributed by atoms with van der Waals surface area (Å²) in [6.45, 7) is 13.1. The summed E-state index contributed by atoms with van der Waals surface area (Å²) in [6, 6.07) is 5.03. The molecule has 1 aliphatic heterocycles. The molecule has 3 rings (SSSR count). The van der Waals surface area contributed by atoms with Gasteiger partial charge in [0.2, 0.25) is 5.91 Å². The van der Waals surface area contributed by atoms with E-state index in [0.717, 1.165) is 31.0 Å². The molecule has 0 radical (unpaired) electrons. The molecule has 41 heavy (non-hydrogen) atoms. The van der Waals surface area contributed by atoms with E-state index >= 15 is 0 Å². The number of anilines is 2. The second-order valence-corrected chi connectivity index (χ2v) is 11.8. The molecule has 1 saturated heterocycles. The number of hydrogen-bond donors (Lipinski definition) is 5. The van der Waals surface area contributed by atoms with Crippen molar-refractivity contribution < 1.29 is 14.4 Å². The van der Waals surface area contributed by atoms with Crippen LogP contribution in [0.4, 0.5) is 11.4 Å². The lowest BCUT2D eigenvalue weighted by Crippen LogP contribution is -2.37. The Bertz CT molecular complexity index is 1490. The Hall–Kier alpha value is -3.86. The van der Waals surface area contributed by atoms with Crippen molar-refractivity contribution >= 4 is 51.9 Å². The average molecular weight is 584 g/mol. The van der Waals surface area contributed by atoms with Crippen LogP contribution in [0.3, 0.4) is 0 Å². The maximum Gasteiger partial charge on any atom is 0.277 e. The van der Waals surface area contributed by atoms with Gasteiger partial charge in [0.15, 0.2) is 0 Å². The standard InChI is InChI=1S/C29H41N7O4S/c1-6-31-25(38)23(30)27-36(7-2)26(39)22(41-27)12-13-32-19-10-11-20(21(18-19)34-28(40)29(3,4)5)24(37)33-14-17-35-15-8-9-16-35/h10-11,13,18,32H,6-9,14-17,30H2,1-5H3,(H,31,38)(H,33,37)(H,34,40)/b27-23+. The van der Waals surface area contributed by atoms with Crippen molar-refractivity contribution in [1.82, 2.24) is 20.1 Å². The summed E-state index contributed by atoms with van der Waals surface area (Å²) in [7, 11) is 0. The van der Waals surface area contributed by atoms with Crippen LogP contribution in [0.2, 0.25) is 0 Å². The van der Waals surface area contributed by atoms with E-state index in [2.05, 4.69) is 31.9 Å². The summed E-state index contributed by atoms with van der Waals surface area (Å²) in [5, 5.41) is 11.5. The second kappa shape index (κ2) is 14.2. The van der Waals surface area contributed by atoms with E-state index in [4.69, 9.17) is 5.73 Å². The average Bonchev–Trinajstić information content (AvgIpc) is 3.55. The highest BCUT2D eigenvalue weighted by molar-refractivity contribution is 7.07. The van der Waals surface area contributed by atoms with E-state index in [-0.39, 0.29) is 27.6 Å². The van der Waals surface area contributed by atoms with Crippen molar-refractivity contribution in [2.45, 2.75) is 54.0 Å². The quantitative estimate of drug-likeness (QED) is 0.279. The van der Waals surface area contributed by atoms with Crippen molar-refractivity contribution in [1.29, 1.82) is 0 Å². The fraction of sp³-hybridized carbons (Fsp3) is 0.483. The first-order chi connectivity index (χ1) is 19.5. The summed E-state index contributed by atoms with van der Waals surface area (Å²) >= 11 is 1.08. The van der Waals surface area contributed by atoms with Gasteiger partial charge in [-0.3, -0.25) is 23.7 Å². The Balaban J connectivity index is 1.89. The number of aromatic nitrogens is 1. The van der Waals surface area contributed by atoms with Gasteiger partial charge in [0.25, 0.3) is 17.4 Å². The highest BCUT2D eigenvalue weighted by Gasteiger charge is 2.23. The number of carbonyl (C=O) groups is 3. The molecular formula is C29H41N7O4S. The van der Waals surface area contributed by atoms with Gasteiger partial charge >= 0.3 is 0 Å². The Morgan fingerprint density at radius 3 is 2.46 bits per heavy atom. The molecule has 0 atom stereocenters. The van der Waals surface area contributed by atoms with Crippen LogP contribution >= 0.6 is 11.3 Å². The second-order valence-electron chi connectivity index (χ2n) is 10.8. The lowest BCUT2D eigenvalue weighted by atomic mass is 9.95. The van der Waals surface area contributed by atoms with Crippen molar-refractivity contribution in [3.63, 3.8) is 0 Å². The van der Waals surface area contributed by atoms with E-state index in [1.165, 1.54) is 23.6 Å². The van der Waals surface area contributed by atoms with Gasteiger partial charge in [0, 0.05) is 43.5 Å². The molecule has 1 aromatic heterocycles. The molecule has 6 N–H and O–H groups in total. The molecular weight excluding hydrogens is 542 g/mol. The summed E-state index contributed by atoms with van der Waals surface area (Å²) in [5.74, 6) is -0.932. The number of nitrogens with two attached hydrogens (primary N) is 1.